The van der Waals surface area contributed by atoms with Crippen molar-refractivity contribution in [1.29, 1.82) is 0 Å². The minimum Gasteiger partial charge on any atom is -0.388 e. The molecule has 0 spiro atoms. The maximum Gasteiger partial charge on any atom is 0.0855 e. The Kier molecular flexibility index (Phi) is 3.90. The lowest BCUT2D eigenvalue weighted by Gasteiger charge is -2.21. The van der Waals surface area contributed by atoms with E-state index in [0.717, 1.165) is 12.8 Å². The van der Waals surface area contributed by atoms with Crippen molar-refractivity contribution in [2.45, 2.75) is 25.4 Å². The van der Waals surface area contributed by atoms with Crippen LogP contribution in [0, 0.1) is 0 Å². The maximum atomic E-state index is 9.79. The van der Waals surface area contributed by atoms with E-state index in [9.17, 15) is 5.11 Å². The van der Waals surface area contributed by atoms with Gasteiger partial charge in [0.05, 0.1) is 12.2 Å². The molecule has 0 saturated carbocycles. The summed E-state index contributed by atoms with van der Waals surface area (Å²) < 4.78 is 4.93. The smallest absolute Gasteiger partial charge is 0.0855 e. The third-order valence-corrected chi connectivity index (χ3v) is 2.72. The first-order chi connectivity index (χ1) is 6.14. The average molecular weight is 200 g/mol. The highest BCUT2D eigenvalue weighted by molar-refractivity contribution is 7.07. The summed E-state index contributed by atoms with van der Waals surface area (Å²) in [6.07, 6.45) is 1.66. The monoisotopic (exact) mass is 200 g/mol. The number of thiophene rings is 1. The van der Waals surface area contributed by atoms with Gasteiger partial charge in [-0.3, -0.25) is 0 Å². The van der Waals surface area contributed by atoms with Crippen molar-refractivity contribution in [3.05, 3.63) is 22.4 Å². The third kappa shape index (κ3) is 3.89. The van der Waals surface area contributed by atoms with Gasteiger partial charge in [-0.05, 0) is 42.2 Å². The number of rotatable bonds is 5. The number of hydrogen-bond acceptors (Lipinski definition) is 3. The van der Waals surface area contributed by atoms with Gasteiger partial charge in [0.15, 0.2) is 0 Å². The van der Waals surface area contributed by atoms with Gasteiger partial charge in [-0.15, -0.1) is 0 Å². The Hall–Kier alpha value is -0.380. The van der Waals surface area contributed by atoms with E-state index >= 15 is 0 Å². The number of methoxy groups -OCH3 is 1. The molecule has 0 amide bonds. The average Bonchev–Trinajstić information content (AvgIpc) is 2.52. The zero-order valence-corrected chi connectivity index (χ0v) is 8.93. The summed E-state index contributed by atoms with van der Waals surface area (Å²) in [6.45, 7) is 2.21. The molecular formula is C10H16O2S. The molecule has 1 N–H and O–H groups in total. The van der Waals surface area contributed by atoms with Crippen LogP contribution in [0.5, 0.6) is 0 Å². The van der Waals surface area contributed by atoms with Crippen molar-refractivity contribution in [3.8, 4) is 0 Å². The highest BCUT2D eigenvalue weighted by Crippen LogP contribution is 2.15. The quantitative estimate of drug-likeness (QED) is 0.788. The lowest BCUT2D eigenvalue weighted by Crippen LogP contribution is -2.30. The molecule has 74 valence electrons. The van der Waals surface area contributed by atoms with Crippen molar-refractivity contribution in [1.82, 2.24) is 0 Å². The normalized spacial score (nSPS) is 15.6. The molecule has 1 aromatic rings. The molecule has 0 saturated heterocycles. The summed E-state index contributed by atoms with van der Waals surface area (Å²) in [6, 6.07) is 2.09. The Morgan fingerprint density at radius 1 is 1.62 bits per heavy atom. The van der Waals surface area contributed by atoms with Crippen LogP contribution in [-0.2, 0) is 11.2 Å². The number of aryl methyl sites for hydroxylation is 1. The van der Waals surface area contributed by atoms with E-state index in [-0.39, 0.29) is 0 Å². The predicted molar refractivity (Wildman–Crippen MR) is 55.1 cm³/mol. The first-order valence-electron chi connectivity index (χ1n) is 4.36. The summed E-state index contributed by atoms with van der Waals surface area (Å²) in [4.78, 5) is 0. The molecule has 1 rings (SSSR count). The van der Waals surface area contributed by atoms with Crippen LogP contribution in [0.25, 0.3) is 0 Å². The third-order valence-electron chi connectivity index (χ3n) is 1.99. The van der Waals surface area contributed by atoms with E-state index in [1.54, 1.807) is 18.4 Å². The molecule has 0 aromatic carbocycles. The van der Waals surface area contributed by atoms with Crippen LogP contribution >= 0.6 is 11.3 Å². The Bertz CT molecular complexity index is 229. The van der Waals surface area contributed by atoms with E-state index < -0.39 is 5.60 Å². The van der Waals surface area contributed by atoms with Crippen molar-refractivity contribution in [2.75, 3.05) is 13.7 Å². The van der Waals surface area contributed by atoms with E-state index in [1.165, 1.54) is 5.56 Å². The molecule has 1 heterocycles. The first kappa shape index (κ1) is 10.7. The Morgan fingerprint density at radius 2 is 2.38 bits per heavy atom. The van der Waals surface area contributed by atoms with E-state index in [2.05, 4.69) is 16.8 Å². The second kappa shape index (κ2) is 4.74. The molecule has 0 aliphatic heterocycles. The fraction of sp³-hybridized carbons (Fsp3) is 0.600. The summed E-state index contributed by atoms with van der Waals surface area (Å²) in [7, 11) is 1.61. The molecule has 0 aliphatic rings. The zero-order valence-electron chi connectivity index (χ0n) is 8.12. The zero-order chi connectivity index (χ0) is 9.73. The number of ether oxygens (including phenoxy) is 1. The van der Waals surface area contributed by atoms with E-state index in [1.807, 2.05) is 6.92 Å². The Morgan fingerprint density at radius 3 is 2.92 bits per heavy atom. The van der Waals surface area contributed by atoms with Crippen LogP contribution < -0.4 is 0 Å². The van der Waals surface area contributed by atoms with Crippen LogP contribution in [0.1, 0.15) is 18.9 Å². The number of aliphatic hydroxyl groups is 1. The van der Waals surface area contributed by atoms with Crippen LogP contribution in [0.3, 0.4) is 0 Å². The van der Waals surface area contributed by atoms with Crippen molar-refractivity contribution in [3.63, 3.8) is 0 Å². The molecule has 13 heavy (non-hydrogen) atoms. The topological polar surface area (TPSA) is 29.5 Å². The van der Waals surface area contributed by atoms with Crippen molar-refractivity contribution >= 4 is 11.3 Å². The Balaban J connectivity index is 2.33. The van der Waals surface area contributed by atoms with Gasteiger partial charge in [0.2, 0.25) is 0 Å². The molecule has 3 heteroatoms. The van der Waals surface area contributed by atoms with E-state index in [4.69, 9.17) is 4.74 Å². The highest BCUT2D eigenvalue weighted by Gasteiger charge is 2.19. The van der Waals surface area contributed by atoms with E-state index in [0.29, 0.717) is 6.61 Å². The summed E-state index contributed by atoms with van der Waals surface area (Å²) in [5, 5.41) is 14.0. The van der Waals surface area contributed by atoms with Gasteiger partial charge in [-0.25, -0.2) is 0 Å². The molecule has 1 atom stereocenters. The predicted octanol–water partition coefficient (Wildman–Crippen LogP) is 2.08. The SMILES string of the molecule is COCC(C)(O)CCc1ccsc1. The second-order valence-corrected chi connectivity index (χ2v) is 4.34. The lowest BCUT2D eigenvalue weighted by atomic mass is 9.99. The molecule has 0 fully saturated rings. The summed E-state index contributed by atoms with van der Waals surface area (Å²) in [5.74, 6) is 0. The number of hydrogen-bond donors (Lipinski definition) is 1. The highest BCUT2D eigenvalue weighted by atomic mass is 32.1. The largest absolute Gasteiger partial charge is 0.388 e. The molecule has 0 radical (unpaired) electrons. The van der Waals surface area contributed by atoms with Gasteiger partial charge in [-0.1, -0.05) is 0 Å². The molecule has 2 nitrogen and oxygen atoms in total. The summed E-state index contributed by atoms with van der Waals surface area (Å²) >= 11 is 1.69. The molecule has 0 bridgehead atoms. The van der Waals surface area contributed by atoms with Crippen molar-refractivity contribution in [2.24, 2.45) is 0 Å². The Labute approximate surface area is 83.2 Å². The maximum absolute atomic E-state index is 9.79. The molecule has 1 unspecified atom stereocenters. The standard InChI is InChI=1S/C10H16O2S/c1-10(11,8-12-2)5-3-9-4-6-13-7-9/h4,6-7,11H,3,5,8H2,1-2H3. The second-order valence-electron chi connectivity index (χ2n) is 3.56. The fourth-order valence-corrected chi connectivity index (χ4v) is 1.93. The minimum atomic E-state index is -0.698. The van der Waals surface area contributed by atoms with Crippen LogP contribution in [-0.4, -0.2) is 24.4 Å². The van der Waals surface area contributed by atoms with Crippen molar-refractivity contribution < 1.29 is 9.84 Å². The molecular weight excluding hydrogens is 184 g/mol. The van der Waals surface area contributed by atoms with Crippen LogP contribution in [0.2, 0.25) is 0 Å². The van der Waals surface area contributed by atoms with Gasteiger partial charge in [0, 0.05) is 7.11 Å². The van der Waals surface area contributed by atoms with Crippen LogP contribution in [0.15, 0.2) is 16.8 Å². The van der Waals surface area contributed by atoms with Gasteiger partial charge in [0.25, 0.3) is 0 Å². The van der Waals surface area contributed by atoms with Gasteiger partial charge < -0.3 is 9.84 Å². The van der Waals surface area contributed by atoms with Gasteiger partial charge in [-0.2, -0.15) is 11.3 Å². The van der Waals surface area contributed by atoms with Crippen LogP contribution in [0.4, 0.5) is 0 Å². The lowest BCUT2D eigenvalue weighted by molar-refractivity contribution is -0.0222. The first-order valence-corrected chi connectivity index (χ1v) is 5.31. The summed E-state index contributed by atoms with van der Waals surface area (Å²) in [5.41, 5.74) is 0.595. The molecule has 0 aliphatic carbocycles. The molecule has 1 aromatic heterocycles. The fourth-order valence-electron chi connectivity index (χ4n) is 1.23. The van der Waals surface area contributed by atoms with Gasteiger partial charge in [0.1, 0.15) is 0 Å². The minimum absolute atomic E-state index is 0.400. The van der Waals surface area contributed by atoms with Gasteiger partial charge >= 0.3 is 0 Å².